The Morgan fingerprint density at radius 2 is 1.73 bits per heavy atom. The minimum absolute atomic E-state index is 0.213. The van der Waals surface area contributed by atoms with Crippen molar-refractivity contribution in [3.63, 3.8) is 0 Å². The van der Waals surface area contributed by atoms with Gasteiger partial charge in [-0.3, -0.25) is 0 Å². The van der Waals surface area contributed by atoms with Crippen molar-refractivity contribution in [3.05, 3.63) is 42.0 Å². The molecule has 3 atom stereocenters. The van der Waals surface area contributed by atoms with E-state index in [1.54, 1.807) is 0 Å². The Bertz CT molecular complexity index is 787. The molecule has 3 heteroatoms. The average molecular weight is 290 g/mol. The molecule has 0 aromatic heterocycles. The van der Waals surface area contributed by atoms with Crippen LogP contribution in [0.15, 0.2) is 36.4 Å². The highest BCUT2D eigenvalue weighted by molar-refractivity contribution is 5.98. The number of hydrogen-bond donors (Lipinski definition) is 0. The summed E-state index contributed by atoms with van der Waals surface area (Å²) in [6, 6.07) is 16.0. The van der Waals surface area contributed by atoms with Gasteiger partial charge in [0.2, 0.25) is 0 Å². The number of piperidine rings is 1. The molecule has 2 aromatic rings. The van der Waals surface area contributed by atoms with Crippen molar-refractivity contribution >= 4 is 16.5 Å². The van der Waals surface area contributed by atoms with Crippen LogP contribution in [0, 0.1) is 11.3 Å². The van der Waals surface area contributed by atoms with Crippen LogP contribution >= 0.6 is 0 Å². The van der Waals surface area contributed by atoms with Crippen LogP contribution in [0.3, 0.4) is 0 Å². The van der Waals surface area contributed by atoms with E-state index in [0.29, 0.717) is 12.1 Å². The van der Waals surface area contributed by atoms with Gasteiger partial charge in [0.25, 0.3) is 0 Å². The third kappa shape index (κ3) is 1.65. The van der Waals surface area contributed by atoms with Crippen molar-refractivity contribution in [3.8, 4) is 6.07 Å². The number of benzene rings is 2. The molecular formula is C19H18N2O. The van der Waals surface area contributed by atoms with Gasteiger partial charge >= 0.3 is 0 Å². The first-order valence-electron chi connectivity index (χ1n) is 8.14. The van der Waals surface area contributed by atoms with E-state index in [2.05, 4.69) is 35.2 Å². The first-order chi connectivity index (χ1) is 10.8. The molecule has 3 fully saturated rings. The summed E-state index contributed by atoms with van der Waals surface area (Å²) >= 11 is 0. The first kappa shape index (κ1) is 12.5. The lowest BCUT2D eigenvalue weighted by Crippen LogP contribution is -2.46. The molecule has 1 spiro atoms. The Hall–Kier alpha value is -2.05. The zero-order valence-corrected chi connectivity index (χ0v) is 12.5. The molecule has 3 aliphatic heterocycles. The van der Waals surface area contributed by atoms with Crippen molar-refractivity contribution in [2.45, 2.75) is 43.4 Å². The van der Waals surface area contributed by atoms with Crippen LogP contribution in [0.4, 0.5) is 5.69 Å². The Kier molecular flexibility index (Phi) is 2.41. The molecule has 0 saturated carbocycles. The van der Waals surface area contributed by atoms with Crippen LogP contribution in [0.25, 0.3) is 10.8 Å². The van der Waals surface area contributed by atoms with E-state index in [-0.39, 0.29) is 5.60 Å². The zero-order chi connectivity index (χ0) is 14.7. The maximum absolute atomic E-state index is 9.35. The van der Waals surface area contributed by atoms with Crippen LogP contribution in [-0.4, -0.2) is 24.3 Å². The molecule has 0 amide bonds. The highest BCUT2D eigenvalue weighted by atomic mass is 16.6. The Balaban J connectivity index is 1.65. The predicted octanol–water partition coefficient (Wildman–Crippen LogP) is 3.61. The van der Waals surface area contributed by atoms with Crippen molar-refractivity contribution < 1.29 is 4.74 Å². The van der Waals surface area contributed by atoms with Gasteiger partial charge in [-0.25, -0.2) is 0 Å². The summed E-state index contributed by atoms with van der Waals surface area (Å²) < 4.78 is 5.76. The van der Waals surface area contributed by atoms with Gasteiger partial charge in [-0.1, -0.05) is 24.3 Å². The average Bonchev–Trinajstić information content (AvgIpc) is 3.24. The smallest absolute Gasteiger partial charge is 0.0998 e. The Labute approximate surface area is 130 Å². The number of fused-ring (bicyclic) bond motifs is 3. The summed E-state index contributed by atoms with van der Waals surface area (Å²) in [7, 11) is 0. The molecule has 0 radical (unpaired) electrons. The molecule has 2 bridgehead atoms. The van der Waals surface area contributed by atoms with Crippen molar-refractivity contribution in [2.75, 3.05) is 11.5 Å². The Morgan fingerprint density at radius 3 is 2.36 bits per heavy atom. The van der Waals surface area contributed by atoms with Gasteiger partial charge in [-0.15, -0.1) is 0 Å². The number of epoxide rings is 1. The summed E-state index contributed by atoms with van der Waals surface area (Å²) in [6.45, 7) is 0.960. The van der Waals surface area contributed by atoms with E-state index in [1.807, 2.05) is 12.1 Å². The number of anilines is 1. The van der Waals surface area contributed by atoms with Crippen LogP contribution in [0.1, 0.15) is 31.2 Å². The number of hydrogen-bond acceptors (Lipinski definition) is 3. The van der Waals surface area contributed by atoms with Gasteiger partial charge in [0.15, 0.2) is 0 Å². The monoisotopic (exact) mass is 290 g/mol. The number of ether oxygens (including phenoxy) is 1. The van der Waals surface area contributed by atoms with E-state index in [4.69, 9.17) is 4.74 Å². The maximum Gasteiger partial charge on any atom is 0.0998 e. The van der Waals surface area contributed by atoms with E-state index < -0.39 is 0 Å². The van der Waals surface area contributed by atoms with Gasteiger partial charge in [-0.2, -0.15) is 5.26 Å². The second-order valence-corrected chi connectivity index (χ2v) is 6.96. The van der Waals surface area contributed by atoms with Gasteiger partial charge in [0.05, 0.1) is 23.8 Å². The molecule has 5 rings (SSSR count). The standard InChI is InChI=1S/C19H18N2O/c20-11-13-5-8-18(17-4-2-1-3-16(13)17)21-14-6-7-15(21)10-19(9-14)12-22-19/h1-5,8,14-15H,6-7,9-10,12H2/t14-,15+,19+. The highest BCUT2D eigenvalue weighted by Gasteiger charge is 2.56. The molecule has 3 heterocycles. The molecule has 3 saturated heterocycles. The maximum atomic E-state index is 9.35. The quantitative estimate of drug-likeness (QED) is 0.753. The minimum Gasteiger partial charge on any atom is -0.369 e. The van der Waals surface area contributed by atoms with E-state index in [0.717, 1.165) is 30.4 Å². The summed E-state index contributed by atoms with van der Waals surface area (Å²) in [4.78, 5) is 2.62. The fourth-order valence-corrected chi connectivity index (χ4v) is 4.64. The van der Waals surface area contributed by atoms with Crippen molar-refractivity contribution in [1.82, 2.24) is 0 Å². The zero-order valence-electron chi connectivity index (χ0n) is 12.5. The fraction of sp³-hybridized carbons (Fsp3) is 0.421. The Morgan fingerprint density at radius 1 is 1.05 bits per heavy atom. The van der Waals surface area contributed by atoms with Crippen LogP contribution < -0.4 is 4.90 Å². The third-order valence-electron chi connectivity index (χ3n) is 5.69. The van der Waals surface area contributed by atoms with Crippen LogP contribution in [0.2, 0.25) is 0 Å². The minimum atomic E-state index is 0.213. The van der Waals surface area contributed by atoms with Gasteiger partial charge in [-0.05, 0) is 37.8 Å². The fourth-order valence-electron chi connectivity index (χ4n) is 4.64. The van der Waals surface area contributed by atoms with Crippen LogP contribution in [-0.2, 0) is 4.74 Å². The first-order valence-corrected chi connectivity index (χ1v) is 8.14. The molecule has 0 unspecified atom stereocenters. The van der Waals surface area contributed by atoms with Crippen molar-refractivity contribution in [1.29, 1.82) is 5.26 Å². The molecule has 2 aromatic carbocycles. The van der Waals surface area contributed by atoms with Gasteiger partial charge in [0.1, 0.15) is 0 Å². The summed E-state index contributed by atoms with van der Waals surface area (Å²) in [5, 5.41) is 11.6. The lowest BCUT2D eigenvalue weighted by Gasteiger charge is -2.40. The molecule has 3 nitrogen and oxygen atoms in total. The van der Waals surface area contributed by atoms with E-state index in [9.17, 15) is 5.26 Å². The molecular weight excluding hydrogens is 272 g/mol. The molecule has 110 valence electrons. The van der Waals surface area contributed by atoms with E-state index >= 15 is 0 Å². The SMILES string of the molecule is N#Cc1ccc(N2[C@@H]3CC[C@H]2C[C@]2(CO2)C3)c2ccccc12. The number of nitriles is 1. The summed E-state index contributed by atoms with van der Waals surface area (Å²) in [6.07, 6.45) is 4.86. The highest BCUT2D eigenvalue weighted by Crippen LogP contribution is 2.51. The topological polar surface area (TPSA) is 39.6 Å². The lowest BCUT2D eigenvalue weighted by molar-refractivity contribution is 0.229. The molecule has 3 aliphatic rings. The van der Waals surface area contributed by atoms with Gasteiger partial charge in [0, 0.05) is 28.5 Å². The largest absolute Gasteiger partial charge is 0.369 e. The third-order valence-corrected chi connectivity index (χ3v) is 5.69. The second kappa shape index (κ2) is 4.24. The number of rotatable bonds is 1. The normalized spacial score (nSPS) is 32.4. The molecule has 0 aliphatic carbocycles. The predicted molar refractivity (Wildman–Crippen MR) is 85.9 cm³/mol. The van der Waals surface area contributed by atoms with E-state index in [1.165, 1.54) is 23.9 Å². The van der Waals surface area contributed by atoms with Crippen LogP contribution in [0.5, 0.6) is 0 Å². The summed E-state index contributed by atoms with van der Waals surface area (Å²) in [5.74, 6) is 0. The van der Waals surface area contributed by atoms with Crippen molar-refractivity contribution in [2.24, 2.45) is 0 Å². The molecule has 22 heavy (non-hydrogen) atoms. The van der Waals surface area contributed by atoms with Gasteiger partial charge < -0.3 is 9.64 Å². The lowest BCUT2D eigenvalue weighted by atomic mass is 9.90. The molecule has 0 N–H and O–H groups in total. The number of nitrogens with zero attached hydrogens (tertiary/aromatic N) is 2. The second-order valence-electron chi connectivity index (χ2n) is 6.96. The summed E-state index contributed by atoms with van der Waals surface area (Å²) in [5.41, 5.74) is 2.29.